The first kappa shape index (κ1) is 32.5. The van der Waals surface area contributed by atoms with E-state index in [1.165, 1.54) is 0 Å². The molecule has 2 heterocycles. The molecule has 2 aliphatic rings. The lowest BCUT2D eigenvalue weighted by atomic mass is 9.85. The number of ketones is 1. The summed E-state index contributed by atoms with van der Waals surface area (Å²) in [6.07, 6.45) is 6.96. The number of Topliss-reactive ketones (excluding diaryl/α,β-unsaturated/α-hetero) is 1. The number of carbonyl (C=O) groups is 1. The van der Waals surface area contributed by atoms with Crippen LogP contribution in [0.1, 0.15) is 16.7 Å². The van der Waals surface area contributed by atoms with Crippen molar-refractivity contribution < 1.29 is 19.1 Å². The van der Waals surface area contributed by atoms with Gasteiger partial charge in [0.15, 0.2) is 5.78 Å². The minimum absolute atomic E-state index is 0.121. The number of ether oxygens (including phenoxy) is 1. The summed E-state index contributed by atoms with van der Waals surface area (Å²) >= 11 is 14.2. The summed E-state index contributed by atoms with van der Waals surface area (Å²) in [6, 6.07) is 34.7. The number of carbonyl (C=O) groups excluding carboxylic acids is 1. The molecule has 4 nitrogen and oxygen atoms in total. The summed E-state index contributed by atoms with van der Waals surface area (Å²) in [5.41, 5.74) is 5.03. The van der Waals surface area contributed by atoms with Gasteiger partial charge in [0.2, 0.25) is 0 Å². The first-order valence-electron chi connectivity index (χ1n) is 14.7. The molecule has 0 spiro atoms. The lowest BCUT2D eigenvalue weighted by molar-refractivity contribution is -0.300. The molecule has 0 N–H and O–H groups in total. The lowest BCUT2D eigenvalue weighted by Gasteiger charge is -2.29. The fraction of sp³-hybridized carbons (Fsp3) is 0. The molecule has 7 rings (SSSR count). The van der Waals surface area contributed by atoms with Crippen LogP contribution < -0.4 is 5.11 Å². The highest BCUT2D eigenvalue weighted by atomic mass is 79.9. The fourth-order valence-electron chi connectivity index (χ4n) is 5.31. The Bertz CT molecular complexity index is 2270. The molecule has 8 heteroatoms. The van der Waals surface area contributed by atoms with E-state index in [0.717, 1.165) is 40.1 Å². The zero-order valence-corrected chi connectivity index (χ0v) is 31.2. The SMILES string of the molecule is O=C1C(=Cc2cc(-c3ccccc3)[o+]c(-c3ccc(Br)c(Br)c3)c2)C([O-])=C1C=C1C=C(c2ccccc2)OC(c2ccc(Br)c(Br)c2)=C1. The summed E-state index contributed by atoms with van der Waals surface area (Å²) in [5.74, 6) is 1.79. The maximum atomic E-state index is 13.5. The standard InChI is InChI=1S/C40H22Br4O4/c41-31-13-11-27(21-33(31)43)37-19-23(17-35(47-37)25-7-3-1-4-8-25)15-29-39(45)30(40(29)46)16-24-18-36(26-9-5-2-6-10-26)48-38(20-24)28-12-14-32(42)34(44)22-28/h1-22H. The molecule has 5 aromatic rings. The molecule has 0 saturated heterocycles. The average Bonchev–Trinajstić information content (AvgIpc) is 3.12. The van der Waals surface area contributed by atoms with Crippen LogP contribution in [0.5, 0.6) is 0 Å². The van der Waals surface area contributed by atoms with Crippen molar-refractivity contribution in [3.8, 4) is 22.6 Å². The molecule has 0 amide bonds. The van der Waals surface area contributed by atoms with Gasteiger partial charge >= 0.3 is 11.5 Å². The van der Waals surface area contributed by atoms with E-state index in [1.54, 1.807) is 12.2 Å². The number of rotatable bonds is 6. The van der Waals surface area contributed by atoms with Crippen molar-refractivity contribution in [2.24, 2.45) is 0 Å². The van der Waals surface area contributed by atoms with E-state index in [4.69, 9.17) is 9.15 Å². The van der Waals surface area contributed by atoms with E-state index in [1.807, 2.05) is 121 Å². The first-order valence-corrected chi connectivity index (χ1v) is 17.9. The van der Waals surface area contributed by atoms with Crippen molar-refractivity contribution in [1.29, 1.82) is 0 Å². The predicted molar refractivity (Wildman–Crippen MR) is 203 cm³/mol. The Morgan fingerprint density at radius 3 is 1.73 bits per heavy atom. The second-order valence-electron chi connectivity index (χ2n) is 11.0. The van der Waals surface area contributed by atoms with Gasteiger partial charge in [-0.25, -0.2) is 4.42 Å². The maximum absolute atomic E-state index is 13.5. The van der Waals surface area contributed by atoms with Crippen LogP contribution in [-0.4, -0.2) is 5.78 Å². The number of allylic oxidation sites excluding steroid dienone is 6. The van der Waals surface area contributed by atoms with Crippen molar-refractivity contribution in [3.05, 3.63) is 184 Å². The third kappa shape index (κ3) is 6.76. The van der Waals surface area contributed by atoms with Crippen LogP contribution >= 0.6 is 63.7 Å². The van der Waals surface area contributed by atoms with Gasteiger partial charge in [-0.05, 0) is 142 Å². The van der Waals surface area contributed by atoms with Crippen LogP contribution in [-0.2, 0) is 9.53 Å². The van der Waals surface area contributed by atoms with E-state index < -0.39 is 0 Å². The van der Waals surface area contributed by atoms with Crippen molar-refractivity contribution in [2.45, 2.75) is 0 Å². The van der Waals surface area contributed by atoms with Crippen LogP contribution in [0.2, 0.25) is 0 Å². The molecule has 0 atom stereocenters. The van der Waals surface area contributed by atoms with E-state index in [9.17, 15) is 9.90 Å². The highest BCUT2D eigenvalue weighted by Crippen LogP contribution is 2.38. The highest BCUT2D eigenvalue weighted by molar-refractivity contribution is 9.13. The Morgan fingerprint density at radius 1 is 0.583 bits per heavy atom. The van der Waals surface area contributed by atoms with Crippen molar-refractivity contribution in [1.82, 2.24) is 0 Å². The molecular weight excluding hydrogens is 864 g/mol. The molecule has 0 radical (unpaired) electrons. The van der Waals surface area contributed by atoms with Crippen molar-refractivity contribution in [3.63, 3.8) is 0 Å². The van der Waals surface area contributed by atoms with Crippen molar-refractivity contribution in [2.75, 3.05) is 0 Å². The first-order chi connectivity index (χ1) is 23.2. The average molecular weight is 886 g/mol. The number of hydrogen-bond acceptors (Lipinski definition) is 3. The Hall–Kier alpha value is -4.08. The molecule has 1 aliphatic carbocycles. The van der Waals surface area contributed by atoms with Gasteiger partial charge in [0.1, 0.15) is 11.5 Å². The third-order valence-corrected chi connectivity index (χ3v) is 11.5. The zero-order valence-electron chi connectivity index (χ0n) is 24.8. The Morgan fingerprint density at radius 2 is 1.12 bits per heavy atom. The third-order valence-electron chi connectivity index (χ3n) is 7.76. The maximum Gasteiger partial charge on any atom is 0.361 e. The van der Waals surface area contributed by atoms with Gasteiger partial charge in [0, 0.05) is 40.2 Å². The molecule has 0 saturated carbocycles. The van der Waals surface area contributed by atoms with Crippen LogP contribution in [0.4, 0.5) is 0 Å². The topological polar surface area (TPSA) is 60.7 Å². The summed E-state index contributed by atoms with van der Waals surface area (Å²) < 4.78 is 16.2. The fourth-order valence-corrected chi connectivity index (χ4v) is 6.56. The van der Waals surface area contributed by atoms with Gasteiger partial charge in [-0.15, -0.1) is 0 Å². The predicted octanol–water partition coefficient (Wildman–Crippen LogP) is 11.6. The van der Waals surface area contributed by atoms with E-state index in [0.29, 0.717) is 34.2 Å². The molecule has 0 bridgehead atoms. The van der Waals surface area contributed by atoms with Gasteiger partial charge in [0.05, 0.1) is 23.3 Å². The zero-order chi connectivity index (χ0) is 33.4. The van der Waals surface area contributed by atoms with Crippen LogP contribution in [0.25, 0.3) is 40.2 Å². The molecule has 4 aromatic carbocycles. The molecule has 1 aliphatic heterocycles. The summed E-state index contributed by atoms with van der Waals surface area (Å²) in [6.45, 7) is 0. The summed E-state index contributed by atoms with van der Waals surface area (Å²) in [5, 5.41) is 13.5. The number of halogens is 4. The quantitative estimate of drug-likeness (QED) is 0.126. The Kier molecular flexibility index (Phi) is 9.34. The van der Waals surface area contributed by atoms with E-state index in [2.05, 4.69) is 63.7 Å². The summed E-state index contributed by atoms with van der Waals surface area (Å²) in [4.78, 5) is 13.5. The number of hydrogen-bond donors (Lipinski definition) is 0. The minimum Gasteiger partial charge on any atom is -0.871 e. The van der Waals surface area contributed by atoms with E-state index in [-0.39, 0.29) is 22.7 Å². The molecule has 234 valence electrons. The van der Waals surface area contributed by atoms with Crippen molar-refractivity contribution >= 4 is 87.1 Å². The second kappa shape index (κ2) is 13.8. The van der Waals surface area contributed by atoms with Crippen LogP contribution in [0.15, 0.2) is 172 Å². The number of benzene rings is 4. The Labute approximate surface area is 311 Å². The Balaban J connectivity index is 1.29. The molecule has 48 heavy (non-hydrogen) atoms. The summed E-state index contributed by atoms with van der Waals surface area (Å²) in [7, 11) is 0. The van der Waals surface area contributed by atoms with Gasteiger partial charge in [-0.3, -0.25) is 4.79 Å². The van der Waals surface area contributed by atoms with Crippen LogP contribution in [0.3, 0.4) is 0 Å². The monoisotopic (exact) mass is 882 g/mol. The van der Waals surface area contributed by atoms with Gasteiger partial charge < -0.3 is 9.84 Å². The molecule has 0 fully saturated rings. The minimum atomic E-state index is -0.315. The van der Waals surface area contributed by atoms with Gasteiger partial charge in [-0.1, -0.05) is 60.4 Å². The molecule has 0 unspecified atom stereocenters. The molecular formula is C40H22Br4O4. The lowest BCUT2D eigenvalue weighted by Crippen LogP contribution is -2.29. The van der Waals surface area contributed by atoms with Gasteiger partial charge in [-0.2, -0.15) is 0 Å². The highest BCUT2D eigenvalue weighted by Gasteiger charge is 2.28. The molecule has 1 aromatic heterocycles. The largest absolute Gasteiger partial charge is 0.871 e. The van der Waals surface area contributed by atoms with Crippen LogP contribution in [0, 0.1) is 0 Å². The smallest absolute Gasteiger partial charge is 0.361 e. The second-order valence-corrected chi connectivity index (χ2v) is 14.4. The normalized spacial score (nSPS) is 16.0. The van der Waals surface area contributed by atoms with Gasteiger partial charge in [0.25, 0.3) is 0 Å². The van der Waals surface area contributed by atoms with E-state index >= 15 is 0 Å².